The van der Waals surface area contributed by atoms with Crippen molar-refractivity contribution < 1.29 is 9.47 Å². The van der Waals surface area contributed by atoms with Crippen molar-refractivity contribution in [2.45, 2.75) is 32.8 Å². The van der Waals surface area contributed by atoms with E-state index < -0.39 is 0 Å². The minimum absolute atomic E-state index is 0.0273. The zero-order chi connectivity index (χ0) is 14.6. The molecule has 1 rings (SSSR count). The third-order valence-corrected chi connectivity index (χ3v) is 3.25. The Kier molecular flexibility index (Phi) is 9.67. The molecule has 4 heteroatoms. The Bertz CT molecular complexity index is 360. The van der Waals surface area contributed by atoms with Crippen molar-refractivity contribution in [2.24, 2.45) is 0 Å². The molecular formula is C16H26ClNO2. The van der Waals surface area contributed by atoms with Crippen LogP contribution in [0, 0.1) is 0 Å². The molecule has 1 aromatic carbocycles. The minimum atomic E-state index is -0.0273. The van der Waals surface area contributed by atoms with Gasteiger partial charge in [0.05, 0.1) is 19.3 Å². The first-order chi connectivity index (χ1) is 9.79. The van der Waals surface area contributed by atoms with Crippen molar-refractivity contribution in [1.82, 2.24) is 5.32 Å². The quantitative estimate of drug-likeness (QED) is 0.630. The Morgan fingerprint density at radius 3 is 2.60 bits per heavy atom. The monoisotopic (exact) mass is 299 g/mol. The predicted octanol–water partition coefficient (Wildman–Crippen LogP) is 3.82. The van der Waals surface area contributed by atoms with E-state index in [0.29, 0.717) is 13.2 Å². The molecule has 0 bridgehead atoms. The number of hydrogen-bond acceptors (Lipinski definition) is 3. The topological polar surface area (TPSA) is 30.5 Å². The van der Waals surface area contributed by atoms with Crippen LogP contribution in [0.25, 0.3) is 0 Å². The molecule has 1 atom stereocenters. The van der Waals surface area contributed by atoms with Crippen LogP contribution in [0.15, 0.2) is 24.3 Å². The average Bonchev–Trinajstić information content (AvgIpc) is 2.46. The van der Waals surface area contributed by atoms with Crippen molar-refractivity contribution in [1.29, 1.82) is 0 Å². The van der Waals surface area contributed by atoms with Crippen molar-refractivity contribution in [3.05, 3.63) is 34.9 Å². The zero-order valence-electron chi connectivity index (χ0n) is 12.5. The van der Waals surface area contributed by atoms with Crippen LogP contribution < -0.4 is 5.32 Å². The van der Waals surface area contributed by atoms with E-state index in [9.17, 15) is 0 Å². The Balaban J connectivity index is 2.49. The summed E-state index contributed by atoms with van der Waals surface area (Å²) >= 11 is 6.26. The van der Waals surface area contributed by atoms with Crippen LogP contribution in [0.2, 0.25) is 5.02 Å². The smallest absolute Gasteiger partial charge is 0.0964 e. The molecule has 0 aliphatic rings. The first-order valence-electron chi connectivity index (χ1n) is 7.44. The molecule has 0 saturated carbocycles. The molecule has 0 amide bonds. The maximum Gasteiger partial charge on any atom is 0.0964 e. The summed E-state index contributed by atoms with van der Waals surface area (Å²) in [7, 11) is 0. The van der Waals surface area contributed by atoms with Crippen LogP contribution >= 0.6 is 11.6 Å². The van der Waals surface area contributed by atoms with Gasteiger partial charge >= 0.3 is 0 Å². The van der Waals surface area contributed by atoms with Crippen LogP contribution in [0.4, 0.5) is 0 Å². The van der Waals surface area contributed by atoms with Gasteiger partial charge in [0, 0.05) is 23.7 Å². The SMILES string of the molecule is CCCNCC(OCCOCCC)c1ccccc1Cl. The summed E-state index contributed by atoms with van der Waals surface area (Å²) in [5, 5.41) is 4.14. The number of hydrogen-bond donors (Lipinski definition) is 1. The molecule has 0 heterocycles. The molecule has 0 spiro atoms. The lowest BCUT2D eigenvalue weighted by Gasteiger charge is -2.20. The van der Waals surface area contributed by atoms with E-state index in [-0.39, 0.29) is 6.10 Å². The van der Waals surface area contributed by atoms with Crippen LogP contribution in [-0.2, 0) is 9.47 Å². The fourth-order valence-corrected chi connectivity index (χ4v) is 2.16. The van der Waals surface area contributed by atoms with E-state index >= 15 is 0 Å². The number of nitrogens with one attached hydrogen (secondary N) is 1. The van der Waals surface area contributed by atoms with E-state index in [4.69, 9.17) is 21.1 Å². The predicted molar refractivity (Wildman–Crippen MR) is 84.4 cm³/mol. The van der Waals surface area contributed by atoms with Crippen molar-refractivity contribution >= 4 is 11.6 Å². The standard InChI is InChI=1S/C16H26ClNO2/c1-3-9-18-13-16(20-12-11-19-10-4-2)14-7-5-6-8-15(14)17/h5-8,16,18H,3-4,9-13H2,1-2H3. The molecule has 0 aliphatic heterocycles. The Hall–Kier alpha value is -0.610. The lowest BCUT2D eigenvalue weighted by molar-refractivity contribution is 0.00437. The Morgan fingerprint density at radius 2 is 1.90 bits per heavy atom. The van der Waals surface area contributed by atoms with E-state index in [1.165, 1.54) is 0 Å². The summed E-state index contributed by atoms with van der Waals surface area (Å²) in [5.41, 5.74) is 1.04. The molecule has 114 valence electrons. The van der Waals surface area contributed by atoms with E-state index in [1.807, 2.05) is 24.3 Å². The first kappa shape index (κ1) is 17.4. The van der Waals surface area contributed by atoms with Crippen molar-refractivity contribution in [2.75, 3.05) is 32.9 Å². The second-order valence-electron chi connectivity index (χ2n) is 4.70. The minimum Gasteiger partial charge on any atom is -0.379 e. The van der Waals surface area contributed by atoms with Crippen LogP contribution in [-0.4, -0.2) is 32.9 Å². The molecule has 0 radical (unpaired) electrons. The fraction of sp³-hybridized carbons (Fsp3) is 0.625. The molecule has 0 saturated heterocycles. The van der Waals surface area contributed by atoms with Gasteiger partial charge in [0.15, 0.2) is 0 Å². The van der Waals surface area contributed by atoms with Gasteiger partial charge in [0.1, 0.15) is 0 Å². The van der Waals surface area contributed by atoms with Gasteiger partial charge in [-0.05, 0) is 25.5 Å². The van der Waals surface area contributed by atoms with Gasteiger partial charge in [-0.1, -0.05) is 43.6 Å². The first-order valence-corrected chi connectivity index (χ1v) is 7.81. The van der Waals surface area contributed by atoms with E-state index in [1.54, 1.807) is 0 Å². The average molecular weight is 300 g/mol. The molecule has 1 N–H and O–H groups in total. The lowest BCUT2D eigenvalue weighted by Crippen LogP contribution is -2.25. The summed E-state index contributed by atoms with van der Waals surface area (Å²) in [6.45, 7) is 8.00. The third-order valence-electron chi connectivity index (χ3n) is 2.90. The number of rotatable bonds is 11. The summed E-state index contributed by atoms with van der Waals surface area (Å²) in [6.07, 6.45) is 2.11. The van der Waals surface area contributed by atoms with Crippen LogP contribution in [0.3, 0.4) is 0 Å². The second-order valence-corrected chi connectivity index (χ2v) is 5.10. The zero-order valence-corrected chi connectivity index (χ0v) is 13.3. The highest BCUT2D eigenvalue weighted by Gasteiger charge is 2.14. The third kappa shape index (κ3) is 6.71. The van der Waals surface area contributed by atoms with Crippen LogP contribution in [0.5, 0.6) is 0 Å². The highest BCUT2D eigenvalue weighted by Crippen LogP contribution is 2.24. The van der Waals surface area contributed by atoms with Gasteiger partial charge < -0.3 is 14.8 Å². The largest absolute Gasteiger partial charge is 0.379 e. The van der Waals surface area contributed by atoms with Crippen molar-refractivity contribution in [3.8, 4) is 0 Å². The summed E-state index contributed by atoms with van der Waals surface area (Å²) in [5.74, 6) is 0. The number of halogens is 1. The maximum atomic E-state index is 6.26. The number of benzene rings is 1. The number of ether oxygens (including phenoxy) is 2. The van der Waals surface area contributed by atoms with Gasteiger partial charge in [-0.2, -0.15) is 0 Å². The summed E-state index contributed by atoms with van der Waals surface area (Å²) < 4.78 is 11.4. The van der Waals surface area contributed by atoms with Gasteiger partial charge in [-0.25, -0.2) is 0 Å². The molecule has 0 aromatic heterocycles. The fourth-order valence-electron chi connectivity index (χ4n) is 1.90. The molecule has 3 nitrogen and oxygen atoms in total. The molecular weight excluding hydrogens is 274 g/mol. The molecule has 1 unspecified atom stereocenters. The highest BCUT2D eigenvalue weighted by molar-refractivity contribution is 6.31. The normalized spacial score (nSPS) is 12.6. The van der Waals surface area contributed by atoms with Gasteiger partial charge in [-0.3, -0.25) is 0 Å². The van der Waals surface area contributed by atoms with Crippen LogP contribution in [0.1, 0.15) is 38.4 Å². The Labute approximate surface area is 127 Å². The second kappa shape index (κ2) is 11.1. The molecule has 0 fully saturated rings. The molecule has 20 heavy (non-hydrogen) atoms. The van der Waals surface area contributed by atoms with Gasteiger partial charge in [0.2, 0.25) is 0 Å². The van der Waals surface area contributed by atoms with Gasteiger partial charge in [-0.15, -0.1) is 0 Å². The van der Waals surface area contributed by atoms with Crippen molar-refractivity contribution in [3.63, 3.8) is 0 Å². The van der Waals surface area contributed by atoms with E-state index in [0.717, 1.165) is 43.1 Å². The lowest BCUT2D eigenvalue weighted by atomic mass is 10.1. The maximum absolute atomic E-state index is 6.26. The van der Waals surface area contributed by atoms with E-state index in [2.05, 4.69) is 19.2 Å². The summed E-state index contributed by atoms with van der Waals surface area (Å²) in [6, 6.07) is 7.85. The molecule has 1 aromatic rings. The summed E-state index contributed by atoms with van der Waals surface area (Å²) in [4.78, 5) is 0. The molecule has 0 aliphatic carbocycles. The Morgan fingerprint density at radius 1 is 1.10 bits per heavy atom. The highest BCUT2D eigenvalue weighted by atomic mass is 35.5. The van der Waals surface area contributed by atoms with Gasteiger partial charge in [0.25, 0.3) is 0 Å².